The van der Waals surface area contributed by atoms with E-state index >= 15 is 0 Å². The number of hydrogen-bond acceptors (Lipinski definition) is 2. The van der Waals surface area contributed by atoms with Crippen LogP contribution in [0.5, 0.6) is 0 Å². The first-order valence-corrected chi connectivity index (χ1v) is 3.66. The van der Waals surface area contributed by atoms with Crippen LogP contribution in [-0.2, 0) is 0 Å². The Labute approximate surface area is 77.0 Å². The van der Waals surface area contributed by atoms with Gasteiger partial charge in [-0.3, -0.25) is 0 Å². The predicted octanol–water partition coefficient (Wildman–Crippen LogP) is 1.70. The minimum Gasteiger partial charge on any atom is -0.476 e. The van der Waals surface area contributed by atoms with Crippen molar-refractivity contribution in [2.24, 2.45) is 0 Å². The number of rotatable bonds is 2. The molecule has 0 bridgehead atoms. The van der Waals surface area contributed by atoms with E-state index in [0.717, 1.165) is 19.4 Å². The van der Waals surface area contributed by atoms with Crippen molar-refractivity contribution in [1.82, 2.24) is 9.55 Å². The SMILES string of the molecule is CC(n1cnc(C(=O)O)c1)C(F)(F)F. The molecule has 78 valence electrons. The lowest BCUT2D eigenvalue weighted by atomic mass is 10.3. The molecule has 0 saturated carbocycles. The van der Waals surface area contributed by atoms with Gasteiger partial charge in [-0.1, -0.05) is 0 Å². The first-order chi connectivity index (χ1) is 6.32. The van der Waals surface area contributed by atoms with Crippen LogP contribution < -0.4 is 0 Å². The quantitative estimate of drug-likeness (QED) is 0.804. The molecule has 1 heterocycles. The van der Waals surface area contributed by atoms with E-state index in [2.05, 4.69) is 4.98 Å². The van der Waals surface area contributed by atoms with E-state index in [9.17, 15) is 18.0 Å². The van der Waals surface area contributed by atoms with Gasteiger partial charge in [0.2, 0.25) is 0 Å². The lowest BCUT2D eigenvalue weighted by Gasteiger charge is -2.16. The summed E-state index contributed by atoms with van der Waals surface area (Å²) in [5, 5.41) is 8.43. The van der Waals surface area contributed by atoms with Crippen molar-refractivity contribution < 1.29 is 23.1 Å². The summed E-state index contributed by atoms with van der Waals surface area (Å²) >= 11 is 0. The summed E-state index contributed by atoms with van der Waals surface area (Å²) in [6, 6.07) is -1.77. The van der Waals surface area contributed by atoms with E-state index in [1.807, 2.05) is 0 Å². The molecule has 0 spiro atoms. The molecule has 1 rings (SSSR count). The fourth-order valence-electron chi connectivity index (χ4n) is 0.828. The smallest absolute Gasteiger partial charge is 0.408 e. The lowest BCUT2D eigenvalue weighted by molar-refractivity contribution is -0.163. The molecule has 0 radical (unpaired) electrons. The normalized spacial score (nSPS) is 14.0. The Kier molecular flexibility index (Phi) is 2.50. The number of halogens is 3. The predicted molar refractivity (Wildman–Crippen MR) is 40.0 cm³/mol. The van der Waals surface area contributed by atoms with Crippen molar-refractivity contribution in [3.8, 4) is 0 Å². The van der Waals surface area contributed by atoms with Gasteiger partial charge in [-0.2, -0.15) is 13.2 Å². The monoisotopic (exact) mass is 208 g/mol. The number of aromatic carboxylic acids is 1. The molecule has 0 saturated heterocycles. The fraction of sp³-hybridized carbons (Fsp3) is 0.429. The maximum Gasteiger partial charge on any atom is 0.408 e. The van der Waals surface area contributed by atoms with Gasteiger partial charge >= 0.3 is 12.1 Å². The summed E-state index contributed by atoms with van der Waals surface area (Å²) in [5.74, 6) is -1.35. The molecule has 14 heavy (non-hydrogen) atoms. The van der Waals surface area contributed by atoms with Crippen LogP contribution in [-0.4, -0.2) is 26.8 Å². The van der Waals surface area contributed by atoms with E-state index in [-0.39, 0.29) is 0 Å². The number of alkyl halides is 3. The van der Waals surface area contributed by atoms with Gasteiger partial charge < -0.3 is 9.67 Å². The minimum absolute atomic E-state index is 0.402. The molecule has 4 nitrogen and oxygen atoms in total. The number of imidazole rings is 1. The average Bonchev–Trinajstić information content (AvgIpc) is 2.48. The zero-order valence-corrected chi connectivity index (χ0v) is 7.12. The van der Waals surface area contributed by atoms with Crippen molar-refractivity contribution >= 4 is 5.97 Å². The highest BCUT2D eigenvalue weighted by atomic mass is 19.4. The number of hydrogen-bond donors (Lipinski definition) is 1. The molecule has 1 aromatic heterocycles. The summed E-state index contributed by atoms with van der Waals surface area (Å²) in [5.41, 5.74) is -0.402. The molecule has 1 N–H and O–H groups in total. The topological polar surface area (TPSA) is 55.1 Å². The second kappa shape index (κ2) is 3.32. The third kappa shape index (κ3) is 2.04. The van der Waals surface area contributed by atoms with Crippen LogP contribution in [0.4, 0.5) is 13.2 Å². The summed E-state index contributed by atoms with van der Waals surface area (Å²) in [6.07, 6.45) is -2.71. The second-order valence-corrected chi connectivity index (χ2v) is 2.73. The third-order valence-corrected chi connectivity index (χ3v) is 1.74. The highest BCUT2D eigenvalue weighted by Crippen LogP contribution is 2.29. The summed E-state index contributed by atoms with van der Waals surface area (Å²) in [4.78, 5) is 13.6. The van der Waals surface area contributed by atoms with Crippen LogP contribution in [0.3, 0.4) is 0 Å². The molecular weight excluding hydrogens is 201 g/mol. The van der Waals surface area contributed by atoms with E-state index in [0.29, 0.717) is 4.57 Å². The molecule has 0 fully saturated rings. The Hall–Kier alpha value is -1.53. The Bertz CT molecular complexity index is 345. The lowest BCUT2D eigenvalue weighted by Crippen LogP contribution is -2.22. The first kappa shape index (κ1) is 10.6. The van der Waals surface area contributed by atoms with Crippen LogP contribution >= 0.6 is 0 Å². The third-order valence-electron chi connectivity index (χ3n) is 1.74. The maximum absolute atomic E-state index is 12.1. The van der Waals surface area contributed by atoms with Crippen molar-refractivity contribution in [1.29, 1.82) is 0 Å². The zero-order chi connectivity index (χ0) is 10.9. The molecule has 0 aliphatic heterocycles. The number of carbonyl (C=O) groups is 1. The van der Waals surface area contributed by atoms with Gasteiger partial charge in [-0.05, 0) is 6.92 Å². The maximum atomic E-state index is 12.1. The number of carboxylic acid groups (broad SMARTS) is 1. The van der Waals surface area contributed by atoms with Gasteiger partial charge in [0.15, 0.2) is 5.69 Å². The highest BCUT2D eigenvalue weighted by Gasteiger charge is 2.37. The van der Waals surface area contributed by atoms with Crippen LogP contribution in [0.15, 0.2) is 12.5 Å². The van der Waals surface area contributed by atoms with Gasteiger partial charge in [0.05, 0.1) is 6.33 Å². The zero-order valence-electron chi connectivity index (χ0n) is 7.12. The number of aromatic nitrogens is 2. The van der Waals surface area contributed by atoms with Crippen molar-refractivity contribution in [3.63, 3.8) is 0 Å². The van der Waals surface area contributed by atoms with E-state index < -0.39 is 23.9 Å². The Morgan fingerprint density at radius 2 is 2.21 bits per heavy atom. The number of nitrogens with zero attached hydrogens (tertiary/aromatic N) is 2. The Morgan fingerprint density at radius 3 is 2.57 bits per heavy atom. The first-order valence-electron chi connectivity index (χ1n) is 3.66. The van der Waals surface area contributed by atoms with Gasteiger partial charge in [0, 0.05) is 6.20 Å². The van der Waals surface area contributed by atoms with Crippen LogP contribution in [0.2, 0.25) is 0 Å². The van der Waals surface area contributed by atoms with E-state index in [1.165, 1.54) is 0 Å². The van der Waals surface area contributed by atoms with E-state index in [1.54, 1.807) is 0 Å². The van der Waals surface area contributed by atoms with Gasteiger partial charge in [0.1, 0.15) is 6.04 Å². The summed E-state index contributed by atoms with van der Waals surface area (Å²) in [7, 11) is 0. The standard InChI is InChI=1S/C7H7F3N2O2/c1-4(7(8,9)10)12-2-5(6(13)14)11-3-12/h2-4H,1H3,(H,13,14). The Morgan fingerprint density at radius 1 is 1.64 bits per heavy atom. The van der Waals surface area contributed by atoms with Crippen molar-refractivity contribution in [3.05, 3.63) is 18.2 Å². The van der Waals surface area contributed by atoms with Crippen LogP contribution in [0.25, 0.3) is 0 Å². The molecule has 0 aliphatic rings. The minimum atomic E-state index is -4.41. The van der Waals surface area contributed by atoms with Crippen LogP contribution in [0.1, 0.15) is 23.5 Å². The van der Waals surface area contributed by atoms with E-state index in [4.69, 9.17) is 5.11 Å². The molecule has 0 amide bonds. The summed E-state index contributed by atoms with van der Waals surface area (Å²) < 4.78 is 37.2. The molecule has 0 aromatic carbocycles. The van der Waals surface area contributed by atoms with Crippen molar-refractivity contribution in [2.75, 3.05) is 0 Å². The molecule has 1 unspecified atom stereocenters. The second-order valence-electron chi connectivity index (χ2n) is 2.73. The fourth-order valence-corrected chi connectivity index (χ4v) is 0.828. The largest absolute Gasteiger partial charge is 0.476 e. The number of carboxylic acids is 1. The molecule has 1 aromatic rings. The molecule has 0 aliphatic carbocycles. The highest BCUT2D eigenvalue weighted by molar-refractivity contribution is 5.84. The van der Waals surface area contributed by atoms with Crippen LogP contribution in [0, 0.1) is 0 Å². The van der Waals surface area contributed by atoms with Gasteiger partial charge in [0.25, 0.3) is 0 Å². The molecular formula is C7H7F3N2O2. The van der Waals surface area contributed by atoms with Crippen molar-refractivity contribution in [2.45, 2.75) is 19.1 Å². The van der Waals surface area contributed by atoms with Gasteiger partial charge in [-0.25, -0.2) is 9.78 Å². The van der Waals surface area contributed by atoms with Gasteiger partial charge in [-0.15, -0.1) is 0 Å². The Balaban J connectivity index is 2.92. The molecule has 7 heteroatoms. The average molecular weight is 208 g/mol. The summed E-state index contributed by atoms with van der Waals surface area (Å²) in [6.45, 7) is 0.924. The molecule has 1 atom stereocenters.